The van der Waals surface area contributed by atoms with Gasteiger partial charge in [-0.05, 0) is 59.0 Å². The van der Waals surface area contributed by atoms with Crippen LogP contribution in [0.15, 0.2) is 72.8 Å². The third kappa shape index (κ3) is 8.73. The highest BCUT2D eigenvalue weighted by atomic mass is 19.4. The summed E-state index contributed by atoms with van der Waals surface area (Å²) in [5.41, 5.74) is 16.3. The zero-order valence-electron chi connectivity index (χ0n) is 19.1. The van der Waals surface area contributed by atoms with Crippen molar-refractivity contribution in [3.05, 3.63) is 83.9 Å². The average Bonchev–Trinajstić information content (AvgIpc) is 2.82. The average molecular weight is 485 g/mol. The van der Waals surface area contributed by atoms with E-state index in [9.17, 15) is 18.0 Å². The van der Waals surface area contributed by atoms with E-state index in [0.29, 0.717) is 23.5 Å². The molecule has 5 nitrogen and oxygen atoms in total. The molecular weight excluding hydrogens is 457 g/mol. The number of rotatable bonds is 10. The molecule has 35 heavy (non-hydrogen) atoms. The van der Waals surface area contributed by atoms with Crippen LogP contribution in [0.4, 0.5) is 24.5 Å². The number of nitrogen functional groups attached to an aromatic ring is 2. The molecule has 3 aromatic rings. The molecular formula is C27H27F3N2O3. The first kappa shape index (κ1) is 25.7. The van der Waals surface area contributed by atoms with Crippen LogP contribution in [0.2, 0.25) is 0 Å². The maximum atomic E-state index is 12.2. The number of carbonyl (C=O) groups excluding carboxylic acids is 1. The molecule has 0 bridgehead atoms. The Bertz CT molecular complexity index is 1140. The van der Waals surface area contributed by atoms with E-state index in [4.69, 9.17) is 20.9 Å². The molecule has 0 spiro atoms. The highest BCUT2D eigenvalue weighted by molar-refractivity contribution is 5.87. The molecule has 0 heterocycles. The summed E-state index contributed by atoms with van der Waals surface area (Å²) in [6.45, 7) is 0.218. The third-order valence-corrected chi connectivity index (χ3v) is 5.17. The standard InChI is InChI=1S/C27H27F3N2O3/c28-27(29,30)15-1-16-34-24-11-8-21(9-12-24)20-5-2-19(3-6-20)4-13-26(33)35-17-14-22-7-10-23(31)18-25(22)32/h2-13,18H,1,14-17,31-32H2. The van der Waals surface area contributed by atoms with Gasteiger partial charge in [-0.2, -0.15) is 13.2 Å². The summed E-state index contributed by atoms with van der Waals surface area (Å²) >= 11 is 0. The molecule has 8 heteroatoms. The van der Waals surface area contributed by atoms with Crippen LogP contribution >= 0.6 is 0 Å². The van der Waals surface area contributed by atoms with Crippen molar-refractivity contribution < 1.29 is 27.4 Å². The topological polar surface area (TPSA) is 87.6 Å². The number of carbonyl (C=O) groups is 1. The van der Waals surface area contributed by atoms with Gasteiger partial charge in [-0.15, -0.1) is 0 Å². The summed E-state index contributed by atoms with van der Waals surface area (Å²) in [6.07, 6.45) is -1.57. The van der Waals surface area contributed by atoms with E-state index in [-0.39, 0.29) is 19.6 Å². The molecule has 0 aliphatic rings. The Balaban J connectivity index is 1.45. The number of hydrogen-bond donors (Lipinski definition) is 2. The molecule has 184 valence electrons. The molecule has 0 saturated heterocycles. The highest BCUT2D eigenvalue weighted by Crippen LogP contribution is 2.25. The summed E-state index contributed by atoms with van der Waals surface area (Å²) in [4.78, 5) is 12.0. The molecule has 0 aliphatic heterocycles. The fourth-order valence-electron chi connectivity index (χ4n) is 3.31. The number of esters is 1. The Morgan fingerprint density at radius 3 is 2.17 bits per heavy atom. The van der Waals surface area contributed by atoms with Gasteiger partial charge in [-0.1, -0.05) is 42.5 Å². The second-order valence-corrected chi connectivity index (χ2v) is 7.92. The van der Waals surface area contributed by atoms with E-state index in [1.807, 2.05) is 42.5 Å². The molecule has 3 aromatic carbocycles. The Kier molecular flexibility index (Phi) is 8.78. The van der Waals surface area contributed by atoms with Crippen molar-refractivity contribution in [2.75, 3.05) is 24.7 Å². The van der Waals surface area contributed by atoms with Crippen molar-refractivity contribution in [3.63, 3.8) is 0 Å². The number of hydrogen-bond acceptors (Lipinski definition) is 5. The number of benzene rings is 3. The van der Waals surface area contributed by atoms with Crippen LogP contribution in [0.3, 0.4) is 0 Å². The van der Waals surface area contributed by atoms with Gasteiger partial charge in [0.25, 0.3) is 0 Å². The van der Waals surface area contributed by atoms with Crippen molar-refractivity contribution in [1.29, 1.82) is 0 Å². The molecule has 0 aliphatic carbocycles. The molecule has 0 radical (unpaired) electrons. The van der Waals surface area contributed by atoms with E-state index in [1.54, 1.807) is 30.3 Å². The molecule has 0 atom stereocenters. The van der Waals surface area contributed by atoms with Crippen LogP contribution in [0.25, 0.3) is 17.2 Å². The Morgan fingerprint density at radius 2 is 1.54 bits per heavy atom. The molecule has 0 saturated carbocycles. The third-order valence-electron chi connectivity index (χ3n) is 5.17. The number of halogens is 3. The Labute approximate surface area is 202 Å². The van der Waals surface area contributed by atoms with Crippen LogP contribution < -0.4 is 16.2 Å². The monoisotopic (exact) mass is 484 g/mol. The maximum absolute atomic E-state index is 12.2. The van der Waals surface area contributed by atoms with Gasteiger partial charge in [0.15, 0.2) is 0 Å². The van der Waals surface area contributed by atoms with Crippen molar-refractivity contribution in [3.8, 4) is 16.9 Å². The van der Waals surface area contributed by atoms with E-state index in [0.717, 1.165) is 22.3 Å². The fourth-order valence-corrected chi connectivity index (χ4v) is 3.31. The lowest BCUT2D eigenvalue weighted by molar-refractivity contribution is -0.138. The van der Waals surface area contributed by atoms with Gasteiger partial charge in [-0.25, -0.2) is 4.79 Å². The zero-order valence-corrected chi connectivity index (χ0v) is 19.1. The first-order valence-corrected chi connectivity index (χ1v) is 11.1. The van der Waals surface area contributed by atoms with Gasteiger partial charge in [0, 0.05) is 30.3 Å². The summed E-state index contributed by atoms with van der Waals surface area (Å²) in [5.74, 6) is 0.0713. The normalized spacial score (nSPS) is 11.5. The van der Waals surface area contributed by atoms with Gasteiger partial charge < -0.3 is 20.9 Å². The predicted molar refractivity (Wildman–Crippen MR) is 132 cm³/mol. The maximum Gasteiger partial charge on any atom is 0.389 e. The van der Waals surface area contributed by atoms with E-state index in [1.165, 1.54) is 6.08 Å². The molecule has 0 fully saturated rings. The smallest absolute Gasteiger partial charge is 0.389 e. The van der Waals surface area contributed by atoms with E-state index >= 15 is 0 Å². The number of anilines is 2. The summed E-state index contributed by atoms with van der Waals surface area (Å²) in [6, 6.07) is 19.9. The second kappa shape index (κ2) is 12.0. The highest BCUT2D eigenvalue weighted by Gasteiger charge is 2.26. The van der Waals surface area contributed by atoms with Gasteiger partial charge in [0.1, 0.15) is 5.75 Å². The van der Waals surface area contributed by atoms with Gasteiger partial charge >= 0.3 is 12.1 Å². The lowest BCUT2D eigenvalue weighted by Gasteiger charge is -2.09. The number of alkyl halides is 3. The predicted octanol–water partition coefficient (Wildman–Crippen LogP) is 6.04. The second-order valence-electron chi connectivity index (χ2n) is 7.92. The van der Waals surface area contributed by atoms with Crippen molar-refractivity contribution >= 4 is 23.4 Å². The SMILES string of the molecule is Nc1ccc(CCOC(=O)C=Cc2ccc(-c3ccc(OCCCC(F)(F)F)cc3)cc2)c(N)c1. The molecule has 0 amide bonds. The first-order chi connectivity index (χ1) is 16.7. The molecule has 0 unspecified atom stereocenters. The van der Waals surface area contributed by atoms with Crippen molar-refractivity contribution in [2.24, 2.45) is 0 Å². The van der Waals surface area contributed by atoms with Gasteiger partial charge in [0.2, 0.25) is 0 Å². The summed E-state index contributed by atoms with van der Waals surface area (Å²) < 4.78 is 47.1. The molecule has 3 rings (SSSR count). The minimum absolute atomic E-state index is 0.0117. The minimum atomic E-state index is -4.16. The summed E-state index contributed by atoms with van der Waals surface area (Å²) in [5, 5.41) is 0. The summed E-state index contributed by atoms with van der Waals surface area (Å²) in [7, 11) is 0. The lowest BCUT2D eigenvalue weighted by atomic mass is 10.0. The molecule has 4 N–H and O–H groups in total. The number of nitrogens with two attached hydrogens (primary N) is 2. The van der Waals surface area contributed by atoms with Gasteiger partial charge in [0.05, 0.1) is 13.2 Å². The number of ether oxygens (including phenoxy) is 2. The van der Waals surface area contributed by atoms with Crippen LogP contribution in [0, 0.1) is 0 Å². The Hall–Kier alpha value is -3.94. The van der Waals surface area contributed by atoms with Crippen molar-refractivity contribution in [1.82, 2.24) is 0 Å². The largest absolute Gasteiger partial charge is 0.494 e. The van der Waals surface area contributed by atoms with Crippen LogP contribution in [0.1, 0.15) is 24.0 Å². The van der Waals surface area contributed by atoms with Crippen LogP contribution in [-0.4, -0.2) is 25.4 Å². The van der Waals surface area contributed by atoms with Crippen LogP contribution in [0.5, 0.6) is 5.75 Å². The van der Waals surface area contributed by atoms with E-state index < -0.39 is 18.6 Å². The lowest BCUT2D eigenvalue weighted by Crippen LogP contribution is -2.09. The minimum Gasteiger partial charge on any atom is -0.494 e. The quantitative estimate of drug-likeness (QED) is 0.159. The Morgan fingerprint density at radius 1 is 0.886 bits per heavy atom. The van der Waals surface area contributed by atoms with Gasteiger partial charge in [-0.3, -0.25) is 0 Å². The van der Waals surface area contributed by atoms with Crippen LogP contribution in [-0.2, 0) is 16.0 Å². The fraction of sp³-hybridized carbons (Fsp3) is 0.222. The van der Waals surface area contributed by atoms with Crippen molar-refractivity contribution in [2.45, 2.75) is 25.4 Å². The molecule has 0 aromatic heterocycles. The first-order valence-electron chi connectivity index (χ1n) is 11.1. The van der Waals surface area contributed by atoms with E-state index in [2.05, 4.69) is 0 Å². The zero-order chi connectivity index (χ0) is 25.3.